The minimum Gasteiger partial charge on any atom is -0.497 e. The Labute approximate surface area is 243 Å². The standard InChI is InChI=1S/C31H28ClN3O4S/c1-19-14-27(29(39-4)17-25(19)32)34-30(36)12-13-40-31-24(18-33)22(16-26(35-31)20-8-6-5-7-9-20)23-15-21(37-2)10-11-28(23)38-3/h5-11,14-17H,12-13H2,1-4H3,(H,34,36). The monoisotopic (exact) mass is 573 g/mol. The molecule has 0 spiro atoms. The molecular weight excluding hydrogens is 546 g/mol. The predicted octanol–water partition coefficient (Wildman–Crippen LogP) is 7.40. The van der Waals surface area contributed by atoms with Crippen LogP contribution in [0.25, 0.3) is 22.4 Å². The van der Waals surface area contributed by atoms with E-state index in [2.05, 4.69) is 11.4 Å². The number of aryl methyl sites for hydroxylation is 1. The van der Waals surface area contributed by atoms with Gasteiger partial charge in [-0.15, -0.1) is 11.8 Å². The lowest BCUT2D eigenvalue weighted by molar-refractivity contribution is -0.115. The first-order chi connectivity index (χ1) is 19.4. The number of hydrogen-bond acceptors (Lipinski definition) is 7. The van der Waals surface area contributed by atoms with Crippen LogP contribution < -0.4 is 19.5 Å². The van der Waals surface area contributed by atoms with Crippen molar-refractivity contribution in [3.05, 3.63) is 82.9 Å². The van der Waals surface area contributed by atoms with E-state index in [1.54, 1.807) is 32.4 Å². The summed E-state index contributed by atoms with van der Waals surface area (Å²) in [5.41, 5.74) is 4.75. The molecule has 0 unspecified atom stereocenters. The number of methoxy groups -OCH3 is 3. The Bertz CT molecular complexity index is 1570. The third kappa shape index (κ3) is 6.50. The van der Waals surface area contributed by atoms with Crippen LogP contribution in [0.3, 0.4) is 0 Å². The Morgan fingerprint density at radius 3 is 2.40 bits per heavy atom. The maximum Gasteiger partial charge on any atom is 0.225 e. The largest absolute Gasteiger partial charge is 0.497 e. The van der Waals surface area contributed by atoms with Gasteiger partial charge in [0.25, 0.3) is 0 Å². The van der Waals surface area contributed by atoms with Crippen molar-refractivity contribution in [3.8, 4) is 45.7 Å². The van der Waals surface area contributed by atoms with Crippen LogP contribution in [-0.4, -0.2) is 38.0 Å². The van der Waals surface area contributed by atoms with Gasteiger partial charge in [-0.05, 0) is 42.8 Å². The lowest BCUT2D eigenvalue weighted by Gasteiger charge is -2.16. The summed E-state index contributed by atoms with van der Waals surface area (Å²) in [6, 6.07) is 22.8. The Morgan fingerprint density at radius 2 is 1.73 bits per heavy atom. The van der Waals surface area contributed by atoms with E-state index in [4.69, 9.17) is 30.8 Å². The number of benzene rings is 3. The highest BCUT2D eigenvalue weighted by Crippen LogP contribution is 2.40. The molecule has 0 saturated carbocycles. The molecule has 0 saturated heterocycles. The van der Waals surface area contributed by atoms with Gasteiger partial charge in [-0.3, -0.25) is 4.79 Å². The highest BCUT2D eigenvalue weighted by molar-refractivity contribution is 7.99. The Morgan fingerprint density at radius 1 is 0.975 bits per heavy atom. The van der Waals surface area contributed by atoms with Gasteiger partial charge in [-0.2, -0.15) is 5.26 Å². The Kier molecular flexibility index (Phi) is 9.54. The quantitative estimate of drug-likeness (QED) is 0.198. The van der Waals surface area contributed by atoms with Gasteiger partial charge in [0, 0.05) is 40.0 Å². The number of nitriles is 1. The van der Waals surface area contributed by atoms with Crippen molar-refractivity contribution in [1.29, 1.82) is 5.26 Å². The maximum absolute atomic E-state index is 12.8. The van der Waals surface area contributed by atoms with Crippen LogP contribution in [0.4, 0.5) is 5.69 Å². The van der Waals surface area contributed by atoms with Gasteiger partial charge < -0.3 is 19.5 Å². The number of nitrogens with zero attached hydrogens (tertiary/aromatic N) is 2. The second kappa shape index (κ2) is 13.2. The van der Waals surface area contributed by atoms with E-state index in [1.165, 1.54) is 18.9 Å². The van der Waals surface area contributed by atoms with Gasteiger partial charge in [0.05, 0.1) is 38.3 Å². The molecule has 4 rings (SSSR count). The van der Waals surface area contributed by atoms with Crippen molar-refractivity contribution in [2.75, 3.05) is 32.4 Å². The summed E-state index contributed by atoms with van der Waals surface area (Å²) in [5, 5.41) is 14.2. The number of hydrogen-bond donors (Lipinski definition) is 1. The molecule has 40 heavy (non-hydrogen) atoms. The fourth-order valence-corrected chi connectivity index (χ4v) is 5.21. The van der Waals surface area contributed by atoms with Gasteiger partial charge in [-0.25, -0.2) is 4.98 Å². The molecule has 0 atom stereocenters. The number of thioether (sulfide) groups is 1. The third-order valence-corrected chi connectivity index (χ3v) is 7.57. The summed E-state index contributed by atoms with van der Waals surface area (Å²) in [6.45, 7) is 1.86. The molecule has 1 amide bonds. The first-order valence-corrected chi connectivity index (χ1v) is 13.7. The second-order valence-electron chi connectivity index (χ2n) is 8.73. The summed E-state index contributed by atoms with van der Waals surface area (Å²) < 4.78 is 16.4. The molecule has 1 heterocycles. The number of rotatable bonds is 10. The zero-order chi connectivity index (χ0) is 28.6. The van der Waals surface area contributed by atoms with E-state index in [0.717, 1.165) is 11.1 Å². The fraction of sp³-hybridized carbons (Fsp3) is 0.194. The number of aromatic nitrogens is 1. The normalized spacial score (nSPS) is 10.5. The number of halogens is 1. The highest BCUT2D eigenvalue weighted by atomic mass is 35.5. The maximum atomic E-state index is 12.8. The fourth-order valence-electron chi connectivity index (χ4n) is 4.11. The summed E-state index contributed by atoms with van der Waals surface area (Å²) in [4.78, 5) is 17.7. The molecule has 0 radical (unpaired) electrons. The van der Waals surface area contributed by atoms with Crippen LogP contribution in [0.5, 0.6) is 17.2 Å². The molecule has 0 aliphatic heterocycles. The van der Waals surface area contributed by atoms with Crippen molar-refractivity contribution >= 4 is 35.0 Å². The van der Waals surface area contributed by atoms with Crippen LogP contribution in [0.1, 0.15) is 17.5 Å². The lowest BCUT2D eigenvalue weighted by atomic mass is 9.98. The van der Waals surface area contributed by atoms with Crippen molar-refractivity contribution in [1.82, 2.24) is 4.98 Å². The van der Waals surface area contributed by atoms with Crippen molar-refractivity contribution < 1.29 is 19.0 Å². The Hall–Kier alpha value is -4.19. The van der Waals surface area contributed by atoms with E-state index < -0.39 is 0 Å². The van der Waals surface area contributed by atoms with Crippen molar-refractivity contribution in [2.45, 2.75) is 18.4 Å². The molecule has 4 aromatic rings. The highest BCUT2D eigenvalue weighted by Gasteiger charge is 2.20. The van der Waals surface area contributed by atoms with Crippen molar-refractivity contribution in [3.63, 3.8) is 0 Å². The average molecular weight is 574 g/mol. The smallest absolute Gasteiger partial charge is 0.225 e. The zero-order valence-electron chi connectivity index (χ0n) is 22.6. The molecule has 7 nitrogen and oxygen atoms in total. The second-order valence-corrected chi connectivity index (χ2v) is 10.2. The summed E-state index contributed by atoms with van der Waals surface area (Å²) in [5.74, 6) is 1.92. The van der Waals surface area contributed by atoms with E-state index in [0.29, 0.717) is 61.1 Å². The minimum absolute atomic E-state index is 0.190. The molecule has 0 aliphatic rings. The summed E-state index contributed by atoms with van der Waals surface area (Å²) in [6.07, 6.45) is 0.190. The first kappa shape index (κ1) is 28.8. The van der Waals surface area contributed by atoms with Crippen LogP contribution in [0, 0.1) is 18.3 Å². The molecule has 3 aromatic carbocycles. The Balaban J connectivity index is 1.66. The molecule has 0 aliphatic carbocycles. The van der Waals surface area contributed by atoms with E-state index in [1.807, 2.05) is 55.5 Å². The van der Waals surface area contributed by atoms with Gasteiger partial charge in [0.15, 0.2) is 0 Å². The molecule has 204 valence electrons. The van der Waals surface area contributed by atoms with Crippen LogP contribution in [-0.2, 0) is 4.79 Å². The predicted molar refractivity (Wildman–Crippen MR) is 160 cm³/mol. The summed E-state index contributed by atoms with van der Waals surface area (Å²) >= 11 is 7.54. The van der Waals surface area contributed by atoms with Crippen LogP contribution in [0.15, 0.2) is 71.8 Å². The van der Waals surface area contributed by atoms with Gasteiger partial charge >= 0.3 is 0 Å². The molecule has 9 heteroatoms. The third-order valence-electron chi connectivity index (χ3n) is 6.19. The van der Waals surface area contributed by atoms with Crippen LogP contribution in [0.2, 0.25) is 5.02 Å². The topological polar surface area (TPSA) is 93.5 Å². The first-order valence-electron chi connectivity index (χ1n) is 12.4. The van der Waals surface area contributed by atoms with Gasteiger partial charge in [-0.1, -0.05) is 41.9 Å². The van der Waals surface area contributed by atoms with E-state index in [-0.39, 0.29) is 12.3 Å². The number of amides is 1. The van der Waals surface area contributed by atoms with Crippen LogP contribution >= 0.6 is 23.4 Å². The van der Waals surface area contributed by atoms with Gasteiger partial charge in [0.2, 0.25) is 5.91 Å². The van der Waals surface area contributed by atoms with E-state index in [9.17, 15) is 10.1 Å². The zero-order valence-corrected chi connectivity index (χ0v) is 24.2. The number of pyridine rings is 1. The van der Waals surface area contributed by atoms with E-state index >= 15 is 0 Å². The molecular formula is C31H28ClN3O4S. The van der Waals surface area contributed by atoms with Gasteiger partial charge in [0.1, 0.15) is 28.3 Å². The SMILES string of the molecule is COc1ccc(OC)c(-c2cc(-c3ccccc3)nc(SCCC(=O)Nc3cc(C)c(Cl)cc3OC)c2C#N)c1. The minimum atomic E-state index is -0.195. The molecule has 0 bridgehead atoms. The van der Waals surface area contributed by atoms with Crippen molar-refractivity contribution in [2.24, 2.45) is 0 Å². The lowest BCUT2D eigenvalue weighted by Crippen LogP contribution is -2.13. The number of carbonyl (C=O) groups excluding carboxylic acids is 1. The number of nitrogens with one attached hydrogen (secondary N) is 1. The number of carbonyl (C=O) groups is 1. The molecule has 1 aromatic heterocycles. The number of anilines is 1. The average Bonchev–Trinajstić information content (AvgIpc) is 2.98. The summed E-state index contributed by atoms with van der Waals surface area (Å²) in [7, 11) is 4.70. The molecule has 1 N–H and O–H groups in total. The number of ether oxygens (including phenoxy) is 3. The molecule has 0 fully saturated rings.